The molecule has 0 spiro atoms. The number of hydrogen-bond donors (Lipinski definition) is 3. The first kappa shape index (κ1) is 24.5. The largest absolute Gasteiger partial charge is 0.353 e. The second-order valence-corrected chi connectivity index (χ2v) is 10.3. The Hall–Kier alpha value is -3.19. The molecule has 1 saturated carbocycles. The highest BCUT2D eigenvalue weighted by atomic mass is 16.2. The smallest absolute Gasteiger partial charge is 0.245 e. The number of nitrogens with zero attached hydrogens (tertiary/aromatic N) is 2. The van der Waals surface area contributed by atoms with Gasteiger partial charge in [0.05, 0.1) is 23.5 Å². The van der Waals surface area contributed by atoms with E-state index < -0.39 is 6.04 Å². The minimum Gasteiger partial charge on any atom is -0.353 e. The van der Waals surface area contributed by atoms with Gasteiger partial charge in [-0.3, -0.25) is 14.6 Å². The van der Waals surface area contributed by atoms with Gasteiger partial charge in [-0.1, -0.05) is 37.5 Å². The minimum atomic E-state index is -0.468. The molecule has 3 N–H and O–H groups in total. The molecule has 1 aliphatic heterocycles. The summed E-state index contributed by atoms with van der Waals surface area (Å²) >= 11 is 0. The van der Waals surface area contributed by atoms with Crippen LogP contribution in [0.5, 0.6) is 0 Å². The molecular formula is C29H37N5O2. The Morgan fingerprint density at radius 3 is 2.64 bits per heavy atom. The first-order chi connectivity index (χ1) is 17.5. The summed E-state index contributed by atoms with van der Waals surface area (Å²) in [6.07, 6.45) is 9.13. The lowest BCUT2D eigenvalue weighted by atomic mass is 9.83. The van der Waals surface area contributed by atoms with E-state index in [1.807, 2.05) is 36.2 Å². The van der Waals surface area contributed by atoms with Gasteiger partial charge in [-0.2, -0.15) is 0 Å². The van der Waals surface area contributed by atoms with Gasteiger partial charge in [0.25, 0.3) is 0 Å². The van der Waals surface area contributed by atoms with E-state index in [2.05, 4.69) is 44.9 Å². The molecule has 3 aromatic rings. The van der Waals surface area contributed by atoms with Crippen molar-refractivity contribution in [2.45, 2.75) is 70.0 Å². The zero-order chi connectivity index (χ0) is 25.1. The number of H-pyrrole nitrogens is 1. The summed E-state index contributed by atoms with van der Waals surface area (Å²) in [5.74, 6) is 0.145. The van der Waals surface area contributed by atoms with Crippen LogP contribution >= 0.6 is 0 Å². The second-order valence-electron chi connectivity index (χ2n) is 10.3. The van der Waals surface area contributed by atoms with Crippen molar-refractivity contribution in [1.29, 1.82) is 0 Å². The molecule has 1 saturated heterocycles. The number of aromatic amines is 1. The number of aromatic nitrogens is 2. The van der Waals surface area contributed by atoms with E-state index in [1.165, 1.54) is 6.42 Å². The average Bonchev–Trinajstić information content (AvgIpc) is 3.59. The molecule has 7 nitrogen and oxygen atoms in total. The molecule has 2 aliphatic rings. The molecule has 3 unspecified atom stereocenters. The summed E-state index contributed by atoms with van der Waals surface area (Å²) < 4.78 is 0. The predicted molar refractivity (Wildman–Crippen MR) is 142 cm³/mol. The van der Waals surface area contributed by atoms with Crippen molar-refractivity contribution in [3.05, 3.63) is 54.2 Å². The number of likely N-dealkylation sites (tertiary alicyclic amines) is 1. The van der Waals surface area contributed by atoms with Crippen LogP contribution < -0.4 is 10.6 Å². The number of nitrogens with one attached hydrogen (secondary N) is 3. The minimum absolute atomic E-state index is 0.00616. The van der Waals surface area contributed by atoms with E-state index >= 15 is 0 Å². The lowest BCUT2D eigenvalue weighted by Gasteiger charge is -2.35. The maximum Gasteiger partial charge on any atom is 0.245 e. The van der Waals surface area contributed by atoms with Gasteiger partial charge < -0.3 is 20.5 Å². The van der Waals surface area contributed by atoms with Crippen molar-refractivity contribution in [3.63, 3.8) is 0 Å². The molecule has 1 aromatic carbocycles. The maximum absolute atomic E-state index is 14.0. The highest BCUT2D eigenvalue weighted by Crippen LogP contribution is 2.36. The van der Waals surface area contributed by atoms with E-state index in [0.29, 0.717) is 6.54 Å². The summed E-state index contributed by atoms with van der Waals surface area (Å²) in [5.41, 5.74) is 4.03. The van der Waals surface area contributed by atoms with Crippen molar-refractivity contribution in [2.75, 3.05) is 13.6 Å². The fourth-order valence-electron chi connectivity index (χ4n) is 5.83. The molecule has 3 heterocycles. The number of fused-ring (bicyclic) bond motifs is 1. The molecule has 2 amide bonds. The lowest BCUT2D eigenvalue weighted by Crippen LogP contribution is -2.55. The molecule has 36 heavy (non-hydrogen) atoms. The van der Waals surface area contributed by atoms with Crippen LogP contribution in [-0.2, 0) is 9.59 Å². The summed E-state index contributed by atoms with van der Waals surface area (Å²) in [7, 11) is 1.77. The van der Waals surface area contributed by atoms with Gasteiger partial charge >= 0.3 is 0 Å². The molecule has 3 atom stereocenters. The van der Waals surface area contributed by atoms with E-state index in [0.717, 1.165) is 66.4 Å². The number of pyridine rings is 1. The number of benzene rings is 1. The van der Waals surface area contributed by atoms with Crippen LogP contribution in [0.4, 0.5) is 0 Å². The standard InChI is InChI=1S/C29H37N5O2/c1-19(30-2)28(35)33-27(20-9-4-3-5-10-20)29(36)34-16-8-13-26(34)22-14-15-31-24(18-22)25-17-21-11-6-7-12-23(21)32-25/h6-7,11-12,14-15,17-20,26-27,30,32H,3-5,8-10,13,16H2,1-2H3,(H,33,35). The SMILES string of the molecule is CNC(C)C(=O)NC(C(=O)N1CCCC1c1ccnc(-c2cc3ccccc3[nH]2)c1)C1CCCCC1. The van der Waals surface area contributed by atoms with Crippen molar-refractivity contribution >= 4 is 22.7 Å². The van der Waals surface area contributed by atoms with Crippen LogP contribution in [0.2, 0.25) is 0 Å². The molecule has 0 radical (unpaired) electrons. The predicted octanol–water partition coefficient (Wildman–Crippen LogP) is 4.57. The monoisotopic (exact) mass is 487 g/mol. The quantitative estimate of drug-likeness (QED) is 0.456. The van der Waals surface area contributed by atoms with Crippen LogP contribution in [0.1, 0.15) is 63.5 Å². The van der Waals surface area contributed by atoms with Gasteiger partial charge in [0, 0.05) is 23.6 Å². The van der Waals surface area contributed by atoms with Crippen LogP contribution in [0.3, 0.4) is 0 Å². The first-order valence-electron chi connectivity index (χ1n) is 13.4. The van der Waals surface area contributed by atoms with Crippen LogP contribution in [-0.4, -0.2) is 52.4 Å². The third-order valence-electron chi connectivity index (χ3n) is 8.02. The number of hydrogen-bond acceptors (Lipinski definition) is 4. The molecule has 1 aliphatic carbocycles. The first-order valence-corrected chi connectivity index (χ1v) is 13.4. The maximum atomic E-state index is 14.0. The highest BCUT2D eigenvalue weighted by molar-refractivity contribution is 5.90. The Bertz CT molecular complexity index is 1180. The lowest BCUT2D eigenvalue weighted by molar-refractivity contribution is -0.139. The number of likely N-dealkylation sites (N-methyl/N-ethyl adjacent to an activating group) is 1. The summed E-state index contributed by atoms with van der Waals surface area (Å²) in [4.78, 5) is 36.9. The average molecular weight is 488 g/mol. The Morgan fingerprint density at radius 2 is 1.86 bits per heavy atom. The Balaban J connectivity index is 1.40. The van der Waals surface area contributed by atoms with E-state index in [4.69, 9.17) is 0 Å². The van der Waals surface area contributed by atoms with E-state index in [-0.39, 0.29) is 29.8 Å². The molecule has 190 valence electrons. The van der Waals surface area contributed by atoms with Crippen molar-refractivity contribution in [1.82, 2.24) is 25.5 Å². The van der Waals surface area contributed by atoms with Crippen LogP contribution in [0, 0.1) is 5.92 Å². The van der Waals surface area contributed by atoms with E-state index in [9.17, 15) is 9.59 Å². The Labute approximate surface area is 213 Å². The van der Waals surface area contributed by atoms with Gasteiger partial charge in [0.15, 0.2) is 0 Å². The molecule has 5 rings (SSSR count). The normalized spacial score (nSPS) is 20.4. The van der Waals surface area contributed by atoms with Crippen molar-refractivity contribution < 1.29 is 9.59 Å². The van der Waals surface area contributed by atoms with Gasteiger partial charge in [-0.25, -0.2) is 0 Å². The van der Waals surface area contributed by atoms with Crippen molar-refractivity contribution in [3.8, 4) is 11.4 Å². The molecule has 7 heteroatoms. The number of amides is 2. The Kier molecular flexibility index (Phi) is 7.37. The number of rotatable bonds is 7. The highest BCUT2D eigenvalue weighted by Gasteiger charge is 2.39. The van der Waals surface area contributed by atoms with Crippen LogP contribution in [0.25, 0.3) is 22.3 Å². The molecule has 2 aromatic heterocycles. The van der Waals surface area contributed by atoms with Gasteiger partial charge in [0.1, 0.15) is 6.04 Å². The third kappa shape index (κ3) is 5.03. The van der Waals surface area contributed by atoms with Gasteiger partial charge in [-0.15, -0.1) is 0 Å². The second kappa shape index (κ2) is 10.8. The fraction of sp³-hybridized carbons (Fsp3) is 0.483. The van der Waals surface area contributed by atoms with Crippen LogP contribution in [0.15, 0.2) is 48.7 Å². The summed E-state index contributed by atoms with van der Waals surface area (Å²) in [5, 5.41) is 7.28. The number of carbonyl (C=O) groups excluding carboxylic acids is 2. The Morgan fingerprint density at radius 1 is 1.06 bits per heavy atom. The number of para-hydroxylation sites is 1. The summed E-state index contributed by atoms with van der Waals surface area (Å²) in [6, 6.07) is 13.7. The van der Waals surface area contributed by atoms with Gasteiger partial charge in [0.2, 0.25) is 11.8 Å². The topological polar surface area (TPSA) is 90.1 Å². The van der Waals surface area contributed by atoms with E-state index in [1.54, 1.807) is 7.05 Å². The molecule has 0 bridgehead atoms. The summed E-state index contributed by atoms with van der Waals surface area (Å²) in [6.45, 7) is 2.55. The zero-order valence-electron chi connectivity index (χ0n) is 21.3. The number of carbonyl (C=O) groups is 2. The van der Waals surface area contributed by atoms with Gasteiger partial charge in [-0.05, 0) is 75.4 Å². The fourth-order valence-corrected chi connectivity index (χ4v) is 5.83. The molecular weight excluding hydrogens is 450 g/mol. The zero-order valence-corrected chi connectivity index (χ0v) is 21.3. The molecule has 2 fully saturated rings. The van der Waals surface area contributed by atoms with Crippen molar-refractivity contribution in [2.24, 2.45) is 5.92 Å². The third-order valence-corrected chi connectivity index (χ3v) is 8.02.